The summed E-state index contributed by atoms with van der Waals surface area (Å²) in [5.74, 6) is 0.154. The lowest BCUT2D eigenvalue weighted by Crippen LogP contribution is -2.32. The minimum Gasteiger partial charge on any atom is -0.493 e. The topological polar surface area (TPSA) is 90.5 Å². The fourth-order valence-electron chi connectivity index (χ4n) is 3.00. The average molecular weight is 360 g/mol. The Hall–Kier alpha value is -2.58. The van der Waals surface area contributed by atoms with Gasteiger partial charge in [-0.05, 0) is 18.2 Å². The molecule has 1 atom stereocenters. The summed E-state index contributed by atoms with van der Waals surface area (Å²) < 4.78 is 40.2. The van der Waals surface area contributed by atoms with E-state index in [9.17, 15) is 13.2 Å². The van der Waals surface area contributed by atoms with Crippen LogP contribution in [0.5, 0.6) is 5.75 Å². The summed E-state index contributed by atoms with van der Waals surface area (Å²) in [4.78, 5) is 11.6. The summed E-state index contributed by atoms with van der Waals surface area (Å²) in [6.07, 6.45) is 0.541. The van der Waals surface area contributed by atoms with Gasteiger partial charge in [0.05, 0.1) is 23.1 Å². The molecule has 130 valence electrons. The summed E-state index contributed by atoms with van der Waals surface area (Å²) in [7, 11) is -2.21. The molecule has 0 saturated carbocycles. The van der Waals surface area contributed by atoms with E-state index in [-0.39, 0.29) is 16.5 Å². The van der Waals surface area contributed by atoms with Crippen molar-refractivity contribution >= 4 is 21.1 Å². The van der Waals surface area contributed by atoms with Crippen molar-refractivity contribution in [2.45, 2.75) is 17.4 Å². The summed E-state index contributed by atoms with van der Waals surface area (Å²) in [6, 6.07) is 11.4. The van der Waals surface area contributed by atoms with Crippen LogP contribution >= 0.6 is 0 Å². The quantitative estimate of drug-likeness (QED) is 0.771. The van der Waals surface area contributed by atoms with Gasteiger partial charge >= 0.3 is 5.76 Å². The predicted molar refractivity (Wildman–Crippen MR) is 91.1 cm³/mol. The van der Waals surface area contributed by atoms with Crippen LogP contribution in [0.15, 0.2) is 56.6 Å². The Morgan fingerprint density at radius 3 is 2.84 bits per heavy atom. The Morgan fingerprint density at radius 2 is 2.00 bits per heavy atom. The maximum absolute atomic E-state index is 12.8. The molecule has 0 fully saturated rings. The van der Waals surface area contributed by atoms with Crippen LogP contribution in [0.4, 0.5) is 0 Å². The number of nitrogens with zero attached hydrogens (tertiary/aromatic N) is 1. The third-order valence-electron chi connectivity index (χ3n) is 4.33. The van der Waals surface area contributed by atoms with Gasteiger partial charge in [0.25, 0.3) is 0 Å². The van der Waals surface area contributed by atoms with Gasteiger partial charge in [-0.3, -0.25) is 4.57 Å². The third kappa shape index (κ3) is 2.73. The number of hydrogen-bond acceptors (Lipinski definition) is 5. The minimum atomic E-state index is -3.77. The largest absolute Gasteiger partial charge is 0.493 e. The molecule has 0 bridgehead atoms. The third-order valence-corrected chi connectivity index (χ3v) is 5.80. The van der Waals surface area contributed by atoms with Crippen molar-refractivity contribution in [2.75, 3.05) is 6.61 Å². The van der Waals surface area contributed by atoms with Gasteiger partial charge in [-0.25, -0.2) is 17.9 Å². The lowest BCUT2D eigenvalue weighted by molar-refractivity contribution is 0.263. The Bertz CT molecular complexity index is 1110. The molecular formula is C17H16N2O5S. The highest BCUT2D eigenvalue weighted by molar-refractivity contribution is 7.89. The zero-order valence-electron chi connectivity index (χ0n) is 13.4. The Labute approximate surface area is 143 Å². The number of para-hydroxylation sites is 1. The van der Waals surface area contributed by atoms with Crippen LogP contribution in [-0.4, -0.2) is 19.6 Å². The monoisotopic (exact) mass is 360 g/mol. The highest BCUT2D eigenvalue weighted by Crippen LogP contribution is 2.32. The highest BCUT2D eigenvalue weighted by Gasteiger charge is 2.27. The van der Waals surface area contributed by atoms with Crippen LogP contribution in [-0.2, 0) is 17.1 Å². The molecule has 1 aromatic heterocycles. The number of fused-ring (bicyclic) bond motifs is 2. The second kappa shape index (κ2) is 5.75. The number of benzene rings is 2. The number of rotatable bonds is 3. The molecule has 0 saturated heterocycles. The maximum atomic E-state index is 12.8. The van der Waals surface area contributed by atoms with Gasteiger partial charge < -0.3 is 9.15 Å². The molecule has 0 radical (unpaired) electrons. The van der Waals surface area contributed by atoms with Crippen LogP contribution < -0.4 is 15.2 Å². The number of aryl methyl sites for hydroxylation is 1. The van der Waals surface area contributed by atoms with Gasteiger partial charge in [0.2, 0.25) is 10.0 Å². The SMILES string of the molecule is Cn1c(=O)oc2cc(S(=O)(=O)N[C@@H]3CCOc4ccccc43)ccc21. The molecule has 3 aromatic rings. The van der Waals surface area contributed by atoms with Crippen molar-refractivity contribution in [3.05, 3.63) is 58.6 Å². The van der Waals surface area contributed by atoms with E-state index >= 15 is 0 Å². The molecule has 1 aliphatic heterocycles. The molecule has 8 heteroatoms. The van der Waals surface area contributed by atoms with E-state index in [1.165, 1.54) is 16.7 Å². The molecule has 0 amide bonds. The molecule has 2 aromatic carbocycles. The van der Waals surface area contributed by atoms with E-state index in [1.54, 1.807) is 13.1 Å². The van der Waals surface area contributed by atoms with Crippen molar-refractivity contribution in [3.8, 4) is 5.75 Å². The minimum absolute atomic E-state index is 0.0540. The number of ether oxygens (including phenoxy) is 1. The normalized spacial score (nSPS) is 17.2. The van der Waals surface area contributed by atoms with Crippen LogP contribution in [0.25, 0.3) is 11.1 Å². The molecule has 1 aliphatic rings. The van der Waals surface area contributed by atoms with Crippen molar-refractivity contribution in [3.63, 3.8) is 0 Å². The molecule has 4 rings (SSSR count). The lowest BCUT2D eigenvalue weighted by atomic mass is 10.0. The number of hydrogen-bond donors (Lipinski definition) is 1. The zero-order chi connectivity index (χ0) is 17.6. The molecule has 7 nitrogen and oxygen atoms in total. The molecule has 0 aliphatic carbocycles. The van der Waals surface area contributed by atoms with Gasteiger partial charge in [-0.1, -0.05) is 18.2 Å². The standard InChI is InChI=1S/C17H16N2O5S/c1-19-14-7-6-11(10-16(14)24-17(19)20)25(21,22)18-13-8-9-23-15-5-3-2-4-12(13)15/h2-7,10,13,18H,8-9H2,1H3/t13-/m1/s1. The van der Waals surface area contributed by atoms with E-state index in [0.29, 0.717) is 24.3 Å². The number of sulfonamides is 1. The molecular weight excluding hydrogens is 344 g/mol. The second-order valence-electron chi connectivity index (χ2n) is 5.91. The first-order valence-corrected chi connectivity index (χ1v) is 9.28. The Balaban J connectivity index is 1.70. The fraction of sp³-hybridized carbons (Fsp3) is 0.235. The van der Waals surface area contributed by atoms with E-state index in [2.05, 4.69) is 4.72 Å². The van der Waals surface area contributed by atoms with Crippen molar-refractivity contribution in [1.82, 2.24) is 9.29 Å². The maximum Gasteiger partial charge on any atom is 0.419 e. The Kier molecular flexibility index (Phi) is 3.66. The predicted octanol–water partition coefficient (Wildman–Crippen LogP) is 1.93. The van der Waals surface area contributed by atoms with Gasteiger partial charge in [-0.2, -0.15) is 0 Å². The fourth-order valence-corrected chi connectivity index (χ4v) is 4.27. The van der Waals surface area contributed by atoms with Gasteiger partial charge in [-0.15, -0.1) is 0 Å². The summed E-state index contributed by atoms with van der Waals surface area (Å²) in [5.41, 5.74) is 1.59. The smallest absolute Gasteiger partial charge is 0.419 e. The summed E-state index contributed by atoms with van der Waals surface area (Å²) in [5, 5.41) is 0. The van der Waals surface area contributed by atoms with E-state index in [1.807, 2.05) is 24.3 Å². The summed E-state index contributed by atoms with van der Waals surface area (Å²) >= 11 is 0. The zero-order valence-corrected chi connectivity index (χ0v) is 14.2. The molecule has 0 spiro atoms. The van der Waals surface area contributed by atoms with Crippen molar-refractivity contribution in [2.24, 2.45) is 7.05 Å². The molecule has 1 N–H and O–H groups in total. The lowest BCUT2D eigenvalue weighted by Gasteiger charge is -2.26. The van der Waals surface area contributed by atoms with Crippen LogP contribution in [0, 0.1) is 0 Å². The van der Waals surface area contributed by atoms with E-state index < -0.39 is 15.8 Å². The number of aromatic nitrogens is 1. The second-order valence-corrected chi connectivity index (χ2v) is 7.62. The van der Waals surface area contributed by atoms with Crippen molar-refractivity contribution in [1.29, 1.82) is 0 Å². The Morgan fingerprint density at radius 1 is 1.20 bits per heavy atom. The average Bonchev–Trinajstić information content (AvgIpc) is 2.89. The van der Waals surface area contributed by atoms with E-state index in [4.69, 9.17) is 9.15 Å². The molecule has 0 unspecified atom stereocenters. The first-order chi connectivity index (χ1) is 12.0. The van der Waals surface area contributed by atoms with Crippen LogP contribution in [0.2, 0.25) is 0 Å². The molecule has 2 heterocycles. The van der Waals surface area contributed by atoms with Crippen LogP contribution in [0.1, 0.15) is 18.0 Å². The van der Waals surface area contributed by atoms with Gasteiger partial charge in [0.15, 0.2) is 5.58 Å². The first-order valence-electron chi connectivity index (χ1n) is 7.79. The number of oxazole rings is 1. The summed E-state index contributed by atoms with van der Waals surface area (Å²) in [6.45, 7) is 0.441. The van der Waals surface area contributed by atoms with Gasteiger partial charge in [0.1, 0.15) is 5.75 Å². The van der Waals surface area contributed by atoms with E-state index in [0.717, 1.165) is 5.56 Å². The molecule has 25 heavy (non-hydrogen) atoms. The first kappa shape index (κ1) is 15.9. The highest BCUT2D eigenvalue weighted by atomic mass is 32.2. The number of nitrogens with one attached hydrogen (secondary N) is 1. The van der Waals surface area contributed by atoms with Crippen molar-refractivity contribution < 1.29 is 17.6 Å². The van der Waals surface area contributed by atoms with Gasteiger partial charge in [0, 0.05) is 25.1 Å². The van der Waals surface area contributed by atoms with Crippen LogP contribution in [0.3, 0.4) is 0 Å².